The average Bonchev–Trinajstić information content (AvgIpc) is 2.13. The van der Waals surface area contributed by atoms with Gasteiger partial charge < -0.3 is 6.15 Å². The van der Waals surface area contributed by atoms with E-state index < -0.39 is 0 Å². The fraction of sp³-hybridized carbons (Fsp3) is 1.00. The van der Waals surface area contributed by atoms with Crippen molar-refractivity contribution in [1.29, 1.82) is 0 Å². The first-order valence-electron chi connectivity index (χ1n) is 3.17. The first kappa shape index (κ1) is 7.96. The lowest BCUT2D eigenvalue weighted by Crippen LogP contribution is -1.86. The van der Waals surface area contributed by atoms with Crippen LogP contribution in [0.15, 0.2) is 0 Å². The Bertz CT molecular complexity index is 76.5. The molecule has 0 bridgehead atoms. The van der Waals surface area contributed by atoms with Gasteiger partial charge in [-0.25, -0.2) is 0 Å². The molecule has 1 aliphatic rings. The van der Waals surface area contributed by atoms with E-state index in [0.29, 0.717) is 0 Å². The second-order valence-electron chi connectivity index (χ2n) is 3.30. The lowest BCUT2D eigenvalue weighted by Gasteiger charge is -1.95. The molecule has 1 saturated carbocycles. The van der Waals surface area contributed by atoms with Crippen LogP contribution in [0.1, 0.15) is 33.6 Å². The molecule has 0 aromatic heterocycles. The molecule has 0 saturated heterocycles. The highest BCUT2D eigenvalue weighted by molar-refractivity contribution is 4.93. The monoisotopic (exact) mass is 115 g/mol. The van der Waals surface area contributed by atoms with Crippen molar-refractivity contribution in [2.45, 2.75) is 33.6 Å². The first-order chi connectivity index (χ1) is 3.17. The summed E-state index contributed by atoms with van der Waals surface area (Å²) >= 11 is 0. The Hall–Kier alpha value is -0.0400. The predicted molar refractivity (Wildman–Crippen MR) is 37.2 cm³/mol. The third kappa shape index (κ3) is 1.22. The molecule has 0 radical (unpaired) electrons. The summed E-state index contributed by atoms with van der Waals surface area (Å²) in [5.74, 6) is 1.05. The van der Waals surface area contributed by atoms with E-state index in [-0.39, 0.29) is 6.15 Å². The highest BCUT2D eigenvalue weighted by Crippen LogP contribution is 2.53. The van der Waals surface area contributed by atoms with Crippen molar-refractivity contribution in [3.05, 3.63) is 0 Å². The maximum Gasteiger partial charge on any atom is -0.0323 e. The van der Waals surface area contributed by atoms with E-state index in [2.05, 4.69) is 20.8 Å². The standard InChI is InChI=1S/C7H14.H3N/c1-4-6-5-7(6,2)3;/h6H,4-5H2,1-3H3;1H3. The molecule has 50 valence electrons. The molecular formula is C7H17N. The maximum absolute atomic E-state index is 2.35. The zero-order chi connectivity index (χ0) is 5.49. The van der Waals surface area contributed by atoms with Gasteiger partial charge >= 0.3 is 0 Å². The van der Waals surface area contributed by atoms with Crippen LogP contribution in [-0.2, 0) is 0 Å². The summed E-state index contributed by atoms with van der Waals surface area (Å²) in [6.45, 7) is 6.97. The molecule has 0 spiro atoms. The van der Waals surface area contributed by atoms with Crippen LogP contribution in [0.25, 0.3) is 0 Å². The van der Waals surface area contributed by atoms with Crippen LogP contribution in [0.2, 0.25) is 0 Å². The molecule has 1 fully saturated rings. The third-order valence-electron chi connectivity index (χ3n) is 2.21. The van der Waals surface area contributed by atoms with E-state index in [1.165, 1.54) is 12.8 Å². The normalized spacial score (nSPS) is 31.1. The highest BCUT2D eigenvalue weighted by atomic mass is 14.5. The van der Waals surface area contributed by atoms with Crippen LogP contribution in [-0.4, -0.2) is 0 Å². The SMILES string of the molecule is CCC1CC1(C)C.N. The highest BCUT2D eigenvalue weighted by Gasteiger charge is 2.43. The minimum atomic E-state index is 0. The second kappa shape index (κ2) is 2.06. The second-order valence-corrected chi connectivity index (χ2v) is 3.30. The predicted octanol–water partition coefficient (Wildman–Crippen LogP) is 2.60. The molecule has 1 atom stereocenters. The summed E-state index contributed by atoms with van der Waals surface area (Å²) in [5, 5.41) is 0. The lowest BCUT2D eigenvalue weighted by atomic mass is 10.1. The zero-order valence-electron chi connectivity index (χ0n) is 6.20. The summed E-state index contributed by atoms with van der Waals surface area (Å²) in [7, 11) is 0. The van der Waals surface area contributed by atoms with Crippen molar-refractivity contribution in [3.63, 3.8) is 0 Å². The van der Waals surface area contributed by atoms with Crippen LogP contribution in [0.3, 0.4) is 0 Å². The third-order valence-corrected chi connectivity index (χ3v) is 2.21. The molecule has 1 unspecified atom stereocenters. The van der Waals surface area contributed by atoms with Gasteiger partial charge in [0, 0.05) is 0 Å². The first-order valence-corrected chi connectivity index (χ1v) is 3.17. The summed E-state index contributed by atoms with van der Waals surface area (Å²) in [4.78, 5) is 0. The molecule has 1 nitrogen and oxygen atoms in total. The van der Waals surface area contributed by atoms with Gasteiger partial charge in [0.1, 0.15) is 0 Å². The molecule has 1 aliphatic carbocycles. The van der Waals surface area contributed by atoms with Gasteiger partial charge in [-0.2, -0.15) is 0 Å². The fourth-order valence-electron chi connectivity index (χ4n) is 1.27. The van der Waals surface area contributed by atoms with Gasteiger partial charge in [0.25, 0.3) is 0 Å². The number of hydrogen-bond donors (Lipinski definition) is 1. The number of rotatable bonds is 1. The summed E-state index contributed by atoms with van der Waals surface area (Å²) in [5.41, 5.74) is 0.717. The van der Waals surface area contributed by atoms with E-state index in [1.54, 1.807) is 0 Å². The molecule has 0 aliphatic heterocycles. The molecular weight excluding hydrogens is 98.1 g/mol. The lowest BCUT2D eigenvalue weighted by molar-refractivity contribution is 0.549. The summed E-state index contributed by atoms with van der Waals surface area (Å²) < 4.78 is 0. The van der Waals surface area contributed by atoms with E-state index >= 15 is 0 Å². The summed E-state index contributed by atoms with van der Waals surface area (Å²) in [6.07, 6.45) is 2.84. The van der Waals surface area contributed by atoms with E-state index in [9.17, 15) is 0 Å². The molecule has 0 heterocycles. The largest absolute Gasteiger partial charge is 0.344 e. The van der Waals surface area contributed by atoms with Crippen molar-refractivity contribution in [2.24, 2.45) is 11.3 Å². The Labute approximate surface area is 52.1 Å². The van der Waals surface area contributed by atoms with Gasteiger partial charge in [-0.1, -0.05) is 27.2 Å². The molecule has 3 N–H and O–H groups in total. The molecule has 0 aromatic carbocycles. The molecule has 1 heteroatoms. The zero-order valence-corrected chi connectivity index (χ0v) is 6.20. The smallest absolute Gasteiger partial charge is 0.0323 e. The summed E-state index contributed by atoms with van der Waals surface area (Å²) in [6, 6.07) is 0. The number of hydrogen-bond acceptors (Lipinski definition) is 1. The van der Waals surface area contributed by atoms with Gasteiger partial charge in [0.15, 0.2) is 0 Å². The van der Waals surface area contributed by atoms with Crippen LogP contribution in [0.4, 0.5) is 0 Å². The molecule has 0 aromatic rings. The Kier molecular flexibility index (Phi) is 2.05. The van der Waals surface area contributed by atoms with Crippen molar-refractivity contribution in [2.75, 3.05) is 0 Å². The van der Waals surface area contributed by atoms with E-state index in [0.717, 1.165) is 11.3 Å². The molecule has 1 rings (SSSR count). The van der Waals surface area contributed by atoms with Gasteiger partial charge in [0.2, 0.25) is 0 Å². The van der Waals surface area contributed by atoms with Crippen molar-refractivity contribution >= 4 is 0 Å². The Morgan fingerprint density at radius 3 is 1.88 bits per heavy atom. The van der Waals surface area contributed by atoms with Gasteiger partial charge in [-0.15, -0.1) is 0 Å². The van der Waals surface area contributed by atoms with Gasteiger partial charge in [0.05, 0.1) is 0 Å². The Balaban J connectivity index is 0.000000490. The van der Waals surface area contributed by atoms with Crippen LogP contribution < -0.4 is 6.15 Å². The Morgan fingerprint density at radius 2 is 1.88 bits per heavy atom. The maximum atomic E-state index is 2.35. The van der Waals surface area contributed by atoms with Gasteiger partial charge in [-0.05, 0) is 17.8 Å². The minimum Gasteiger partial charge on any atom is -0.344 e. The van der Waals surface area contributed by atoms with Crippen LogP contribution >= 0.6 is 0 Å². The average molecular weight is 115 g/mol. The van der Waals surface area contributed by atoms with E-state index in [1.807, 2.05) is 0 Å². The minimum absolute atomic E-state index is 0. The molecule has 0 amide bonds. The van der Waals surface area contributed by atoms with Gasteiger partial charge in [-0.3, -0.25) is 0 Å². The van der Waals surface area contributed by atoms with Crippen LogP contribution in [0.5, 0.6) is 0 Å². The van der Waals surface area contributed by atoms with E-state index in [4.69, 9.17) is 0 Å². The Morgan fingerprint density at radius 1 is 1.50 bits per heavy atom. The fourth-order valence-corrected chi connectivity index (χ4v) is 1.27. The van der Waals surface area contributed by atoms with Crippen molar-refractivity contribution in [1.82, 2.24) is 6.15 Å². The van der Waals surface area contributed by atoms with Crippen molar-refractivity contribution < 1.29 is 0 Å². The molecule has 8 heavy (non-hydrogen) atoms. The van der Waals surface area contributed by atoms with Crippen molar-refractivity contribution in [3.8, 4) is 0 Å². The topological polar surface area (TPSA) is 35.0 Å². The van der Waals surface area contributed by atoms with Crippen LogP contribution in [0, 0.1) is 11.3 Å². The quantitative estimate of drug-likeness (QED) is 0.560.